The second-order valence-electron chi connectivity index (χ2n) is 3.96. The average Bonchev–Trinajstić information content (AvgIpc) is 2.28. The Morgan fingerprint density at radius 3 is 2.44 bits per heavy atom. The van der Waals surface area contributed by atoms with Crippen molar-refractivity contribution in [3.8, 4) is 0 Å². The highest BCUT2D eigenvalue weighted by Gasteiger charge is 2.43. The van der Waals surface area contributed by atoms with Crippen LogP contribution < -0.4 is 0 Å². The Hall–Kier alpha value is 0.190. The number of hydrogen-bond donors (Lipinski definition) is 1. The summed E-state index contributed by atoms with van der Waals surface area (Å²) in [6.45, 7) is 2.92. The van der Waals surface area contributed by atoms with Gasteiger partial charge in [-0.05, 0) is 19.1 Å². The molecule has 0 saturated carbocycles. The van der Waals surface area contributed by atoms with E-state index in [2.05, 4.69) is 15.9 Å². The second-order valence-corrected chi connectivity index (χ2v) is 9.63. The van der Waals surface area contributed by atoms with Gasteiger partial charge in [0.15, 0.2) is 13.5 Å². The third-order valence-corrected chi connectivity index (χ3v) is 7.41. The quantitative estimate of drug-likeness (QED) is 0.818. The molecule has 0 unspecified atom stereocenters. The van der Waals surface area contributed by atoms with Gasteiger partial charge in [-0.2, -0.15) is 0 Å². The summed E-state index contributed by atoms with van der Waals surface area (Å²) < 4.78 is 22.4. The molecule has 0 aromatic heterocycles. The van der Waals surface area contributed by atoms with E-state index in [1.54, 1.807) is 6.07 Å². The first kappa shape index (κ1) is 16.2. The summed E-state index contributed by atoms with van der Waals surface area (Å²) >= 11 is 14.8. The normalized spacial score (nSPS) is 17.2. The zero-order chi connectivity index (χ0) is 14.1. The minimum absolute atomic E-state index is 0.0863. The number of hydrogen-bond acceptors (Lipinski definition) is 3. The Morgan fingerprint density at radius 2 is 2.00 bits per heavy atom. The maximum atomic E-state index is 11.9. The number of alkyl halides is 1. The van der Waals surface area contributed by atoms with Gasteiger partial charge in [-0.15, -0.1) is 0 Å². The highest BCUT2D eigenvalue weighted by molar-refractivity contribution is 9.11. The molecule has 7 heteroatoms. The molecule has 0 amide bonds. The molecule has 0 saturated heterocycles. The van der Waals surface area contributed by atoms with Crippen LogP contribution >= 0.6 is 39.1 Å². The molecule has 1 rings (SSSR count). The number of sulfone groups is 1. The molecule has 0 aliphatic rings. The lowest BCUT2D eigenvalue weighted by atomic mass is 10.1. The lowest BCUT2D eigenvalue weighted by molar-refractivity contribution is 0.167. The van der Waals surface area contributed by atoms with Crippen molar-refractivity contribution < 1.29 is 13.5 Å². The molecular weight excluding hydrogens is 363 g/mol. The fourth-order valence-electron chi connectivity index (χ4n) is 1.45. The van der Waals surface area contributed by atoms with Gasteiger partial charge in [-0.1, -0.05) is 52.1 Å². The summed E-state index contributed by atoms with van der Waals surface area (Å²) in [4.78, 5) is 0. The number of rotatable bonds is 4. The molecule has 0 spiro atoms. The molecular formula is C11H13BrCl2O3S. The van der Waals surface area contributed by atoms with Crippen LogP contribution in [0.5, 0.6) is 0 Å². The lowest BCUT2D eigenvalue weighted by Gasteiger charge is -2.28. The summed E-state index contributed by atoms with van der Waals surface area (Å²) in [6.07, 6.45) is -1.28. The van der Waals surface area contributed by atoms with E-state index in [0.29, 0.717) is 10.6 Å². The first-order valence-electron chi connectivity index (χ1n) is 5.17. The van der Waals surface area contributed by atoms with Crippen LogP contribution in [0.3, 0.4) is 0 Å². The first-order chi connectivity index (χ1) is 8.13. The lowest BCUT2D eigenvalue weighted by Crippen LogP contribution is -2.36. The van der Waals surface area contributed by atoms with Gasteiger partial charge in [0.2, 0.25) is 0 Å². The topological polar surface area (TPSA) is 54.4 Å². The van der Waals surface area contributed by atoms with E-state index in [4.69, 9.17) is 23.2 Å². The van der Waals surface area contributed by atoms with Gasteiger partial charge < -0.3 is 5.11 Å². The van der Waals surface area contributed by atoms with E-state index in [1.807, 2.05) is 0 Å². The van der Waals surface area contributed by atoms with Crippen LogP contribution in [0.25, 0.3) is 0 Å². The maximum Gasteiger partial charge on any atom is 0.168 e. The second kappa shape index (κ2) is 5.67. The maximum absolute atomic E-state index is 11.9. The van der Waals surface area contributed by atoms with Crippen LogP contribution in [0.15, 0.2) is 18.2 Å². The number of benzene rings is 1. The van der Waals surface area contributed by atoms with Gasteiger partial charge in [-0.25, -0.2) is 8.42 Å². The van der Waals surface area contributed by atoms with Crippen molar-refractivity contribution in [2.45, 2.75) is 23.6 Å². The summed E-state index contributed by atoms with van der Waals surface area (Å²) in [5.74, 6) is -0.0863. The van der Waals surface area contributed by atoms with Gasteiger partial charge >= 0.3 is 0 Å². The summed E-state index contributed by atoms with van der Waals surface area (Å²) in [7, 11) is -3.50. The fraction of sp³-hybridized carbons (Fsp3) is 0.455. The van der Waals surface area contributed by atoms with Crippen molar-refractivity contribution in [1.82, 2.24) is 0 Å². The predicted octanol–water partition coefficient (Wildman–Crippen LogP) is 3.57. The van der Waals surface area contributed by atoms with Crippen LogP contribution in [0, 0.1) is 0 Å². The molecule has 0 radical (unpaired) electrons. The third kappa shape index (κ3) is 3.02. The first-order valence-corrected chi connectivity index (χ1v) is 8.37. The zero-order valence-electron chi connectivity index (χ0n) is 9.82. The van der Waals surface area contributed by atoms with Crippen molar-refractivity contribution in [2.24, 2.45) is 0 Å². The molecule has 0 bridgehead atoms. The van der Waals surface area contributed by atoms with Crippen molar-refractivity contribution in [1.29, 1.82) is 0 Å². The number of aliphatic hydroxyl groups excluding tert-OH is 1. The Morgan fingerprint density at radius 1 is 1.44 bits per heavy atom. The molecule has 0 aliphatic heterocycles. The monoisotopic (exact) mass is 374 g/mol. The van der Waals surface area contributed by atoms with Gasteiger partial charge in [0, 0.05) is 21.4 Å². The van der Waals surface area contributed by atoms with E-state index < -0.39 is 19.6 Å². The van der Waals surface area contributed by atoms with Crippen LogP contribution in [-0.2, 0) is 9.84 Å². The smallest absolute Gasteiger partial charge is 0.168 e. The molecule has 0 fully saturated rings. The summed E-state index contributed by atoms with van der Waals surface area (Å²) in [5, 5.41) is 10.9. The van der Waals surface area contributed by atoms with Gasteiger partial charge in [0.1, 0.15) is 6.10 Å². The third-order valence-electron chi connectivity index (χ3n) is 2.73. The largest absolute Gasteiger partial charge is 0.386 e. The Labute approximate surface area is 125 Å². The highest BCUT2D eigenvalue weighted by atomic mass is 79.9. The van der Waals surface area contributed by atoms with E-state index in [9.17, 15) is 13.5 Å². The van der Waals surface area contributed by atoms with Crippen molar-refractivity contribution in [3.05, 3.63) is 33.8 Å². The molecule has 0 heterocycles. The molecule has 3 nitrogen and oxygen atoms in total. The van der Waals surface area contributed by atoms with Gasteiger partial charge in [0.05, 0.1) is 0 Å². The van der Waals surface area contributed by atoms with Crippen LogP contribution in [0.4, 0.5) is 0 Å². The van der Waals surface area contributed by atoms with Crippen molar-refractivity contribution in [3.63, 3.8) is 0 Å². The van der Waals surface area contributed by atoms with E-state index in [-0.39, 0.29) is 10.8 Å². The summed E-state index contributed by atoms with van der Waals surface area (Å²) in [6, 6.07) is 4.52. The molecule has 1 N–H and O–H groups in total. The molecule has 1 aromatic carbocycles. The Kier molecular flexibility index (Phi) is 5.12. The zero-order valence-corrected chi connectivity index (χ0v) is 13.7. The molecule has 102 valence electrons. The minimum Gasteiger partial charge on any atom is -0.386 e. The van der Waals surface area contributed by atoms with E-state index in [0.717, 1.165) is 0 Å². The SMILES string of the molecule is CCS(=O)(=O)[C@@](C)(Br)[C@@H](O)c1ccc(Cl)cc1Cl. The van der Waals surface area contributed by atoms with Crippen LogP contribution in [-0.4, -0.2) is 22.9 Å². The van der Waals surface area contributed by atoms with Gasteiger partial charge in [0.25, 0.3) is 0 Å². The van der Waals surface area contributed by atoms with Crippen molar-refractivity contribution >= 4 is 49.0 Å². The minimum atomic E-state index is -3.50. The average molecular weight is 376 g/mol. The van der Waals surface area contributed by atoms with Gasteiger partial charge in [-0.3, -0.25) is 0 Å². The summed E-state index contributed by atoms with van der Waals surface area (Å²) in [5.41, 5.74) is 0.317. The van der Waals surface area contributed by atoms with E-state index in [1.165, 1.54) is 26.0 Å². The fourth-order valence-corrected chi connectivity index (χ4v) is 3.93. The van der Waals surface area contributed by atoms with Crippen LogP contribution in [0.1, 0.15) is 25.5 Å². The predicted molar refractivity (Wildman–Crippen MR) is 78.2 cm³/mol. The Balaban J connectivity index is 3.26. The van der Waals surface area contributed by atoms with E-state index >= 15 is 0 Å². The number of halogens is 3. The molecule has 1 aromatic rings. The van der Waals surface area contributed by atoms with Crippen molar-refractivity contribution in [2.75, 3.05) is 5.75 Å². The highest BCUT2D eigenvalue weighted by Crippen LogP contribution is 2.41. The molecule has 18 heavy (non-hydrogen) atoms. The van der Waals surface area contributed by atoms with Crippen LogP contribution in [0.2, 0.25) is 10.0 Å². The Bertz CT molecular complexity index is 543. The number of aliphatic hydroxyl groups is 1. The molecule has 0 aliphatic carbocycles. The standard InChI is InChI=1S/C11H13BrCl2O3S/c1-3-18(16,17)11(2,12)10(15)8-5-4-7(13)6-9(8)14/h4-6,10,15H,3H2,1-2H3/t10-,11+/m0/s1. The molecule has 2 atom stereocenters.